The van der Waals surface area contributed by atoms with Crippen molar-refractivity contribution < 1.29 is 19.0 Å². The molecule has 2 atom stereocenters. The molecule has 1 aromatic rings. The van der Waals surface area contributed by atoms with Crippen LogP contribution in [0.2, 0.25) is 0 Å². The smallest absolute Gasteiger partial charge is 0.234 e. The van der Waals surface area contributed by atoms with Crippen LogP contribution < -0.4 is 14.8 Å². The summed E-state index contributed by atoms with van der Waals surface area (Å²) in [5, 5.41) is 2.90. The van der Waals surface area contributed by atoms with Gasteiger partial charge in [0.2, 0.25) is 5.91 Å². The van der Waals surface area contributed by atoms with Crippen LogP contribution >= 0.6 is 0 Å². The molecule has 0 aliphatic carbocycles. The number of rotatable bonds is 8. The SMILES string of the molecule is CCOc1ccc(OCCNC(=O)CN2CC(C)OCC2C)cc1. The van der Waals surface area contributed by atoms with Crippen molar-refractivity contribution in [2.24, 2.45) is 0 Å². The fourth-order valence-corrected chi connectivity index (χ4v) is 2.59. The molecule has 24 heavy (non-hydrogen) atoms. The van der Waals surface area contributed by atoms with Gasteiger partial charge in [-0.05, 0) is 45.0 Å². The minimum Gasteiger partial charge on any atom is -0.494 e. The summed E-state index contributed by atoms with van der Waals surface area (Å²) in [5.74, 6) is 1.61. The highest BCUT2D eigenvalue weighted by Gasteiger charge is 2.24. The van der Waals surface area contributed by atoms with Gasteiger partial charge in [0.25, 0.3) is 0 Å². The number of benzene rings is 1. The van der Waals surface area contributed by atoms with Crippen molar-refractivity contribution in [2.45, 2.75) is 32.9 Å². The van der Waals surface area contributed by atoms with Crippen molar-refractivity contribution in [3.8, 4) is 11.5 Å². The Hall–Kier alpha value is -1.79. The van der Waals surface area contributed by atoms with E-state index in [4.69, 9.17) is 14.2 Å². The van der Waals surface area contributed by atoms with E-state index in [1.54, 1.807) is 0 Å². The Kier molecular flexibility index (Phi) is 7.34. The normalized spacial score (nSPS) is 21.3. The van der Waals surface area contributed by atoms with Crippen LogP contribution in [0.3, 0.4) is 0 Å². The highest BCUT2D eigenvalue weighted by atomic mass is 16.5. The first-order valence-corrected chi connectivity index (χ1v) is 8.56. The van der Waals surface area contributed by atoms with E-state index < -0.39 is 0 Å². The summed E-state index contributed by atoms with van der Waals surface area (Å²) in [7, 11) is 0. The molecule has 1 N–H and O–H groups in total. The second-order valence-corrected chi connectivity index (χ2v) is 6.03. The maximum atomic E-state index is 12.0. The maximum Gasteiger partial charge on any atom is 0.234 e. The Morgan fingerprint density at radius 3 is 2.58 bits per heavy atom. The molecule has 2 unspecified atom stereocenters. The zero-order valence-corrected chi connectivity index (χ0v) is 14.8. The summed E-state index contributed by atoms with van der Waals surface area (Å²) in [6.45, 7) is 9.49. The Bertz CT molecular complexity index is 506. The summed E-state index contributed by atoms with van der Waals surface area (Å²) < 4.78 is 16.6. The number of carbonyl (C=O) groups is 1. The lowest BCUT2D eigenvalue weighted by Gasteiger charge is -2.36. The van der Waals surface area contributed by atoms with Crippen molar-refractivity contribution in [1.82, 2.24) is 10.2 Å². The monoisotopic (exact) mass is 336 g/mol. The predicted octanol–water partition coefficient (Wildman–Crippen LogP) is 1.69. The summed E-state index contributed by atoms with van der Waals surface area (Å²) in [4.78, 5) is 14.2. The minimum absolute atomic E-state index is 0.0197. The van der Waals surface area contributed by atoms with Crippen molar-refractivity contribution in [3.05, 3.63) is 24.3 Å². The average Bonchev–Trinajstić information content (AvgIpc) is 2.57. The van der Waals surface area contributed by atoms with E-state index in [1.165, 1.54) is 0 Å². The molecule has 1 heterocycles. The summed E-state index contributed by atoms with van der Waals surface area (Å²) in [5.41, 5.74) is 0. The zero-order chi connectivity index (χ0) is 17.4. The van der Waals surface area contributed by atoms with Crippen molar-refractivity contribution in [2.75, 3.05) is 39.5 Å². The summed E-state index contributed by atoms with van der Waals surface area (Å²) in [6, 6.07) is 7.75. The number of nitrogens with one attached hydrogen (secondary N) is 1. The van der Waals surface area contributed by atoms with Crippen LogP contribution in [-0.4, -0.2) is 62.4 Å². The lowest BCUT2D eigenvalue weighted by molar-refractivity contribution is -0.126. The first kappa shape index (κ1) is 18.5. The maximum absolute atomic E-state index is 12.0. The summed E-state index contributed by atoms with van der Waals surface area (Å²) in [6.07, 6.45) is 0.178. The van der Waals surface area contributed by atoms with Gasteiger partial charge < -0.3 is 19.5 Å². The van der Waals surface area contributed by atoms with Crippen LogP contribution in [0.15, 0.2) is 24.3 Å². The van der Waals surface area contributed by atoms with Crippen molar-refractivity contribution in [1.29, 1.82) is 0 Å². The van der Waals surface area contributed by atoms with Crippen LogP contribution in [0.25, 0.3) is 0 Å². The molecule has 1 amide bonds. The number of hydrogen-bond acceptors (Lipinski definition) is 5. The van der Waals surface area contributed by atoms with E-state index in [1.807, 2.05) is 38.1 Å². The topological polar surface area (TPSA) is 60.0 Å². The molecule has 6 heteroatoms. The molecule has 1 aliphatic heterocycles. The van der Waals surface area contributed by atoms with E-state index >= 15 is 0 Å². The van der Waals surface area contributed by atoms with Gasteiger partial charge in [0, 0.05) is 12.6 Å². The van der Waals surface area contributed by atoms with Crippen molar-refractivity contribution >= 4 is 5.91 Å². The predicted molar refractivity (Wildman–Crippen MR) is 92.6 cm³/mol. The van der Waals surface area contributed by atoms with Gasteiger partial charge in [-0.2, -0.15) is 0 Å². The molecule has 1 aromatic carbocycles. The van der Waals surface area contributed by atoms with Gasteiger partial charge in [0.1, 0.15) is 18.1 Å². The molecule has 0 spiro atoms. The molecule has 6 nitrogen and oxygen atoms in total. The van der Waals surface area contributed by atoms with Crippen LogP contribution in [0.4, 0.5) is 0 Å². The quantitative estimate of drug-likeness (QED) is 0.732. The lowest BCUT2D eigenvalue weighted by Crippen LogP contribution is -2.51. The van der Waals surface area contributed by atoms with Gasteiger partial charge in [-0.15, -0.1) is 0 Å². The number of ether oxygens (including phenoxy) is 3. The number of carbonyl (C=O) groups excluding carboxylic acids is 1. The van der Waals surface area contributed by atoms with Crippen LogP contribution in [0.1, 0.15) is 20.8 Å². The van der Waals surface area contributed by atoms with Gasteiger partial charge in [-0.25, -0.2) is 0 Å². The zero-order valence-electron chi connectivity index (χ0n) is 14.8. The van der Waals surface area contributed by atoms with Gasteiger partial charge in [-0.1, -0.05) is 0 Å². The van der Waals surface area contributed by atoms with E-state index in [0.29, 0.717) is 32.9 Å². The third-order valence-corrected chi connectivity index (χ3v) is 3.91. The first-order chi connectivity index (χ1) is 11.6. The first-order valence-electron chi connectivity index (χ1n) is 8.56. The van der Waals surface area contributed by atoms with Gasteiger partial charge in [0.15, 0.2) is 0 Å². The highest BCUT2D eigenvalue weighted by Crippen LogP contribution is 2.17. The van der Waals surface area contributed by atoms with Crippen LogP contribution in [0.5, 0.6) is 11.5 Å². The second kappa shape index (κ2) is 9.49. The second-order valence-electron chi connectivity index (χ2n) is 6.03. The van der Waals surface area contributed by atoms with Gasteiger partial charge >= 0.3 is 0 Å². The summed E-state index contributed by atoms with van der Waals surface area (Å²) >= 11 is 0. The number of amides is 1. The van der Waals surface area contributed by atoms with Crippen molar-refractivity contribution in [3.63, 3.8) is 0 Å². The molecule has 0 bridgehead atoms. The largest absolute Gasteiger partial charge is 0.494 e. The Labute approximate surface area is 144 Å². The molecular weight excluding hydrogens is 308 g/mol. The lowest BCUT2D eigenvalue weighted by atomic mass is 10.2. The van der Waals surface area contributed by atoms with Crippen LogP contribution in [0, 0.1) is 0 Å². The third kappa shape index (κ3) is 6.02. The molecular formula is C18H28N2O4. The molecule has 0 radical (unpaired) electrons. The van der Waals surface area contributed by atoms with Gasteiger partial charge in [0.05, 0.1) is 32.4 Å². The third-order valence-electron chi connectivity index (χ3n) is 3.91. The van der Waals surface area contributed by atoms with E-state index in [2.05, 4.69) is 17.1 Å². The molecule has 0 aromatic heterocycles. The highest BCUT2D eigenvalue weighted by molar-refractivity contribution is 5.78. The average molecular weight is 336 g/mol. The van der Waals surface area contributed by atoms with Gasteiger partial charge in [-0.3, -0.25) is 9.69 Å². The van der Waals surface area contributed by atoms with E-state index in [0.717, 1.165) is 18.0 Å². The molecule has 1 fully saturated rings. The Morgan fingerprint density at radius 1 is 1.25 bits per heavy atom. The number of nitrogens with zero attached hydrogens (tertiary/aromatic N) is 1. The van der Waals surface area contributed by atoms with E-state index in [-0.39, 0.29) is 18.1 Å². The number of morpholine rings is 1. The molecule has 134 valence electrons. The molecule has 1 saturated heterocycles. The van der Waals surface area contributed by atoms with Crippen LogP contribution in [-0.2, 0) is 9.53 Å². The number of hydrogen-bond donors (Lipinski definition) is 1. The molecule has 0 saturated carbocycles. The fraction of sp³-hybridized carbons (Fsp3) is 0.611. The Morgan fingerprint density at radius 2 is 1.92 bits per heavy atom. The fourth-order valence-electron chi connectivity index (χ4n) is 2.59. The minimum atomic E-state index is 0.0197. The molecule has 1 aliphatic rings. The standard InChI is InChI=1S/C18H28N2O4/c1-4-22-16-5-7-17(8-6-16)23-10-9-19-18(21)12-20-11-15(3)24-13-14(20)2/h5-8,14-15H,4,9-13H2,1-3H3,(H,19,21). The van der Waals surface area contributed by atoms with E-state index in [9.17, 15) is 4.79 Å². The Balaban J connectivity index is 1.63. The molecule has 2 rings (SSSR count).